The van der Waals surface area contributed by atoms with Crippen LogP contribution < -0.4 is 15.6 Å². The molecule has 1 amide bonds. The second-order valence-corrected chi connectivity index (χ2v) is 6.85. The van der Waals surface area contributed by atoms with Gasteiger partial charge in [0.1, 0.15) is 11.6 Å². The molecule has 0 aliphatic rings. The number of fused-ring (bicyclic) bond motifs is 2. The molecule has 2 N–H and O–H groups in total. The number of methoxy groups -OCH3 is 1. The summed E-state index contributed by atoms with van der Waals surface area (Å²) in [6.45, 7) is 0.447. The molecule has 0 radical (unpaired) electrons. The molecule has 6 heteroatoms. The number of rotatable bonds is 6. The number of aromatic amines is 1. The second-order valence-electron chi connectivity index (χ2n) is 6.85. The summed E-state index contributed by atoms with van der Waals surface area (Å²) in [5, 5.41) is 5.66. The summed E-state index contributed by atoms with van der Waals surface area (Å²) < 4.78 is 5.24. The molecule has 146 valence electrons. The molecule has 0 spiro atoms. The molecule has 0 saturated carbocycles. The standard InChI is InChI=1S/C23H21N3O3/c1-29-18-9-8-16-12-15(6-7-17(16)13-18)14-24-22(27)11-10-21-25-20-5-3-2-4-19(20)23(28)26-21/h2-9,12-13H,10-11,14H2,1H3,(H,24,27)(H,25,26,28). The zero-order valence-corrected chi connectivity index (χ0v) is 16.1. The lowest BCUT2D eigenvalue weighted by Gasteiger charge is -2.08. The fourth-order valence-electron chi connectivity index (χ4n) is 3.28. The molecule has 0 fully saturated rings. The summed E-state index contributed by atoms with van der Waals surface area (Å²) in [5.41, 5.74) is 1.48. The topological polar surface area (TPSA) is 84.1 Å². The van der Waals surface area contributed by atoms with E-state index in [1.54, 1.807) is 25.3 Å². The van der Waals surface area contributed by atoms with Crippen molar-refractivity contribution in [3.63, 3.8) is 0 Å². The average Bonchev–Trinajstić information content (AvgIpc) is 2.75. The highest BCUT2D eigenvalue weighted by molar-refractivity contribution is 5.84. The van der Waals surface area contributed by atoms with Crippen LogP contribution in [-0.2, 0) is 17.8 Å². The summed E-state index contributed by atoms with van der Waals surface area (Å²) in [4.78, 5) is 31.5. The first-order valence-corrected chi connectivity index (χ1v) is 9.44. The van der Waals surface area contributed by atoms with Gasteiger partial charge in [-0.2, -0.15) is 0 Å². The van der Waals surface area contributed by atoms with E-state index in [0.717, 1.165) is 22.1 Å². The van der Waals surface area contributed by atoms with Gasteiger partial charge in [-0.25, -0.2) is 4.98 Å². The Morgan fingerprint density at radius 1 is 1.07 bits per heavy atom. The van der Waals surface area contributed by atoms with Crippen LogP contribution in [0.25, 0.3) is 21.7 Å². The first-order chi connectivity index (χ1) is 14.1. The summed E-state index contributed by atoms with van der Waals surface area (Å²) in [6.07, 6.45) is 0.634. The van der Waals surface area contributed by atoms with E-state index in [1.165, 1.54) is 0 Å². The maximum absolute atomic E-state index is 12.2. The van der Waals surface area contributed by atoms with Crippen molar-refractivity contribution in [3.8, 4) is 5.75 Å². The van der Waals surface area contributed by atoms with Crippen LogP contribution in [0.15, 0.2) is 65.5 Å². The van der Waals surface area contributed by atoms with Crippen molar-refractivity contribution in [2.45, 2.75) is 19.4 Å². The number of aromatic nitrogens is 2. The third-order valence-electron chi connectivity index (χ3n) is 4.85. The summed E-state index contributed by atoms with van der Waals surface area (Å²) >= 11 is 0. The van der Waals surface area contributed by atoms with Gasteiger partial charge in [-0.15, -0.1) is 0 Å². The van der Waals surface area contributed by atoms with Crippen molar-refractivity contribution < 1.29 is 9.53 Å². The highest BCUT2D eigenvalue weighted by Gasteiger charge is 2.07. The molecule has 3 aromatic carbocycles. The Kier molecular flexibility index (Phi) is 5.24. The van der Waals surface area contributed by atoms with Crippen LogP contribution in [0.1, 0.15) is 17.8 Å². The Morgan fingerprint density at radius 2 is 1.86 bits per heavy atom. The van der Waals surface area contributed by atoms with Crippen molar-refractivity contribution in [1.29, 1.82) is 0 Å². The first-order valence-electron chi connectivity index (χ1n) is 9.44. The molecule has 6 nitrogen and oxygen atoms in total. The van der Waals surface area contributed by atoms with Crippen LogP contribution in [0.2, 0.25) is 0 Å². The number of ether oxygens (including phenoxy) is 1. The molecule has 4 rings (SSSR count). The van der Waals surface area contributed by atoms with E-state index in [2.05, 4.69) is 21.4 Å². The van der Waals surface area contributed by atoms with Gasteiger partial charge < -0.3 is 15.0 Å². The monoisotopic (exact) mass is 387 g/mol. The van der Waals surface area contributed by atoms with Gasteiger partial charge in [0.25, 0.3) is 5.56 Å². The van der Waals surface area contributed by atoms with E-state index in [4.69, 9.17) is 4.74 Å². The van der Waals surface area contributed by atoms with E-state index in [1.807, 2.05) is 36.4 Å². The van der Waals surface area contributed by atoms with Gasteiger partial charge in [0.05, 0.1) is 18.0 Å². The molecule has 0 bridgehead atoms. The number of amides is 1. The van der Waals surface area contributed by atoms with E-state index >= 15 is 0 Å². The smallest absolute Gasteiger partial charge is 0.258 e. The minimum atomic E-state index is -0.182. The number of para-hydroxylation sites is 1. The fraction of sp³-hybridized carbons (Fsp3) is 0.174. The van der Waals surface area contributed by atoms with E-state index in [0.29, 0.717) is 29.7 Å². The van der Waals surface area contributed by atoms with Crippen LogP contribution in [0, 0.1) is 0 Å². The van der Waals surface area contributed by atoms with Crippen LogP contribution in [0.3, 0.4) is 0 Å². The van der Waals surface area contributed by atoms with E-state index < -0.39 is 0 Å². The number of carbonyl (C=O) groups excluding carboxylic acids is 1. The van der Waals surface area contributed by atoms with Gasteiger partial charge in [0.15, 0.2) is 0 Å². The highest BCUT2D eigenvalue weighted by Crippen LogP contribution is 2.21. The summed E-state index contributed by atoms with van der Waals surface area (Å²) in [5.74, 6) is 1.25. The maximum atomic E-state index is 12.2. The Bertz CT molecular complexity index is 1250. The van der Waals surface area contributed by atoms with Crippen molar-refractivity contribution in [2.75, 3.05) is 7.11 Å². The molecule has 0 saturated heterocycles. The van der Waals surface area contributed by atoms with Crippen LogP contribution in [0.5, 0.6) is 5.75 Å². The predicted octanol–water partition coefficient (Wildman–Crippen LogP) is 3.33. The second kappa shape index (κ2) is 8.14. The largest absolute Gasteiger partial charge is 0.497 e. The number of H-pyrrole nitrogens is 1. The average molecular weight is 387 g/mol. The van der Waals surface area contributed by atoms with E-state index in [9.17, 15) is 9.59 Å². The Labute approximate surface area is 167 Å². The molecular formula is C23H21N3O3. The quantitative estimate of drug-likeness (QED) is 0.531. The number of hydrogen-bond donors (Lipinski definition) is 2. The lowest BCUT2D eigenvalue weighted by Crippen LogP contribution is -2.23. The zero-order valence-electron chi connectivity index (χ0n) is 16.1. The first kappa shape index (κ1) is 18.7. The number of nitrogens with zero attached hydrogens (tertiary/aromatic N) is 1. The van der Waals surface area contributed by atoms with Crippen molar-refractivity contribution in [2.24, 2.45) is 0 Å². The molecule has 0 aliphatic heterocycles. The van der Waals surface area contributed by atoms with Crippen molar-refractivity contribution in [1.82, 2.24) is 15.3 Å². The van der Waals surface area contributed by atoms with Crippen LogP contribution in [0.4, 0.5) is 0 Å². The molecular weight excluding hydrogens is 366 g/mol. The predicted molar refractivity (Wildman–Crippen MR) is 113 cm³/mol. The Balaban J connectivity index is 1.36. The van der Waals surface area contributed by atoms with E-state index in [-0.39, 0.29) is 17.9 Å². The van der Waals surface area contributed by atoms with Crippen LogP contribution >= 0.6 is 0 Å². The number of hydrogen-bond acceptors (Lipinski definition) is 4. The lowest BCUT2D eigenvalue weighted by molar-refractivity contribution is -0.121. The lowest BCUT2D eigenvalue weighted by atomic mass is 10.1. The summed E-state index contributed by atoms with van der Waals surface area (Å²) in [6, 6.07) is 19.1. The minimum absolute atomic E-state index is 0.0874. The van der Waals surface area contributed by atoms with Gasteiger partial charge in [-0.1, -0.05) is 30.3 Å². The molecule has 1 heterocycles. The molecule has 0 unspecified atom stereocenters. The Hall–Kier alpha value is -3.67. The van der Waals surface area contributed by atoms with Gasteiger partial charge in [0, 0.05) is 19.4 Å². The van der Waals surface area contributed by atoms with Crippen molar-refractivity contribution >= 4 is 27.6 Å². The molecule has 1 aromatic heterocycles. The fourth-order valence-corrected chi connectivity index (χ4v) is 3.28. The molecule has 29 heavy (non-hydrogen) atoms. The molecule has 0 aliphatic carbocycles. The van der Waals surface area contributed by atoms with Crippen molar-refractivity contribution in [3.05, 3.63) is 82.4 Å². The number of aryl methyl sites for hydroxylation is 1. The third kappa shape index (κ3) is 4.27. The maximum Gasteiger partial charge on any atom is 0.258 e. The molecule has 0 atom stereocenters. The van der Waals surface area contributed by atoms with Crippen LogP contribution in [-0.4, -0.2) is 23.0 Å². The third-order valence-corrected chi connectivity index (χ3v) is 4.85. The zero-order chi connectivity index (χ0) is 20.2. The molecule has 4 aromatic rings. The van der Waals surface area contributed by atoms with Gasteiger partial charge in [-0.3, -0.25) is 9.59 Å². The van der Waals surface area contributed by atoms with Gasteiger partial charge in [-0.05, 0) is 46.7 Å². The minimum Gasteiger partial charge on any atom is -0.497 e. The van der Waals surface area contributed by atoms with Gasteiger partial charge in [0.2, 0.25) is 5.91 Å². The highest BCUT2D eigenvalue weighted by atomic mass is 16.5. The SMILES string of the molecule is COc1ccc2cc(CNC(=O)CCc3nc4ccccc4c(=O)[nH]3)ccc2c1. The summed E-state index contributed by atoms with van der Waals surface area (Å²) in [7, 11) is 1.65. The number of carbonyl (C=O) groups is 1. The number of benzene rings is 3. The number of nitrogens with one attached hydrogen (secondary N) is 2. The van der Waals surface area contributed by atoms with Gasteiger partial charge >= 0.3 is 0 Å². The normalized spacial score (nSPS) is 10.9. The Morgan fingerprint density at radius 3 is 2.72 bits per heavy atom.